The third-order valence-corrected chi connectivity index (χ3v) is 6.46. The normalized spacial score (nSPS) is 13.6. The molecule has 0 spiro atoms. The monoisotopic (exact) mass is 459 g/mol. The summed E-state index contributed by atoms with van der Waals surface area (Å²) < 4.78 is 0. The molecule has 3 aromatic carbocycles. The SMILES string of the molecule is CC(C)N1C(=O)c2ccccc2Sc2cc(NC(=O)[C@@H](C)NC(=O)c3ccccc3)ccc21. The lowest BCUT2D eigenvalue weighted by Gasteiger charge is -2.27. The Kier molecular flexibility index (Phi) is 6.51. The number of hydrogen-bond acceptors (Lipinski definition) is 4. The molecule has 0 saturated heterocycles. The molecule has 1 aliphatic heterocycles. The first-order valence-corrected chi connectivity index (χ1v) is 11.6. The number of fused-ring (bicyclic) bond motifs is 2. The first-order chi connectivity index (χ1) is 15.8. The van der Waals surface area contributed by atoms with Gasteiger partial charge in [0.05, 0.1) is 11.3 Å². The number of carbonyl (C=O) groups excluding carboxylic acids is 3. The van der Waals surface area contributed by atoms with Crippen LogP contribution in [0.2, 0.25) is 0 Å². The van der Waals surface area contributed by atoms with E-state index in [0.29, 0.717) is 16.8 Å². The molecule has 0 radical (unpaired) electrons. The summed E-state index contributed by atoms with van der Waals surface area (Å²) in [6, 6.07) is 21.1. The minimum atomic E-state index is -0.723. The second-order valence-corrected chi connectivity index (χ2v) is 9.18. The van der Waals surface area contributed by atoms with E-state index in [0.717, 1.165) is 15.5 Å². The fourth-order valence-corrected chi connectivity index (χ4v) is 4.77. The van der Waals surface area contributed by atoms with Crippen molar-refractivity contribution >= 4 is 40.9 Å². The number of nitrogens with zero attached hydrogens (tertiary/aromatic N) is 1. The van der Waals surface area contributed by atoms with Gasteiger partial charge in [-0.05, 0) is 63.2 Å². The van der Waals surface area contributed by atoms with Gasteiger partial charge >= 0.3 is 0 Å². The van der Waals surface area contributed by atoms with Crippen molar-refractivity contribution < 1.29 is 14.4 Å². The van der Waals surface area contributed by atoms with Gasteiger partial charge in [0.1, 0.15) is 6.04 Å². The van der Waals surface area contributed by atoms with Crippen LogP contribution in [0.5, 0.6) is 0 Å². The fraction of sp³-hybridized carbons (Fsp3) is 0.192. The smallest absolute Gasteiger partial charge is 0.259 e. The van der Waals surface area contributed by atoms with Gasteiger partial charge in [0.15, 0.2) is 0 Å². The quantitative estimate of drug-likeness (QED) is 0.565. The Bertz CT molecular complexity index is 1210. The Morgan fingerprint density at radius 2 is 1.58 bits per heavy atom. The maximum Gasteiger partial charge on any atom is 0.259 e. The van der Waals surface area contributed by atoms with Gasteiger partial charge in [-0.15, -0.1) is 0 Å². The third-order valence-electron chi connectivity index (χ3n) is 5.34. The minimum Gasteiger partial charge on any atom is -0.341 e. The van der Waals surface area contributed by atoms with E-state index in [1.807, 2.05) is 56.3 Å². The standard InChI is InChI=1S/C26H25N3O3S/c1-16(2)29-21-14-13-19(15-23(21)33-22-12-8-7-11-20(22)26(29)32)28-24(30)17(3)27-25(31)18-9-5-4-6-10-18/h4-17H,1-3H3,(H,27,31)(H,28,30)/t17-/m1/s1. The van der Waals surface area contributed by atoms with Gasteiger partial charge in [-0.1, -0.05) is 42.1 Å². The predicted octanol–water partition coefficient (Wildman–Crippen LogP) is 4.96. The fourth-order valence-electron chi connectivity index (χ4n) is 3.66. The summed E-state index contributed by atoms with van der Waals surface area (Å²) >= 11 is 1.50. The van der Waals surface area contributed by atoms with Crippen molar-refractivity contribution in [2.45, 2.75) is 42.6 Å². The van der Waals surface area contributed by atoms with Crippen molar-refractivity contribution in [3.8, 4) is 0 Å². The summed E-state index contributed by atoms with van der Waals surface area (Å²) in [5.74, 6) is -0.672. The molecule has 33 heavy (non-hydrogen) atoms. The molecule has 3 aromatic rings. The highest BCUT2D eigenvalue weighted by Gasteiger charge is 2.29. The van der Waals surface area contributed by atoms with Gasteiger partial charge in [0.2, 0.25) is 5.91 Å². The van der Waals surface area contributed by atoms with E-state index in [9.17, 15) is 14.4 Å². The molecule has 1 atom stereocenters. The van der Waals surface area contributed by atoms with E-state index in [2.05, 4.69) is 10.6 Å². The van der Waals surface area contributed by atoms with Crippen LogP contribution in [-0.2, 0) is 4.79 Å². The van der Waals surface area contributed by atoms with Gasteiger partial charge < -0.3 is 15.5 Å². The van der Waals surface area contributed by atoms with Crippen LogP contribution in [0.3, 0.4) is 0 Å². The number of nitrogens with one attached hydrogen (secondary N) is 2. The molecular formula is C26H25N3O3S. The number of anilines is 2. The van der Waals surface area contributed by atoms with Crippen molar-refractivity contribution in [2.24, 2.45) is 0 Å². The third kappa shape index (κ3) is 4.78. The molecule has 4 rings (SSSR count). The maximum atomic E-state index is 13.2. The number of benzene rings is 3. The average Bonchev–Trinajstić information content (AvgIpc) is 2.93. The molecule has 0 bridgehead atoms. The summed E-state index contributed by atoms with van der Waals surface area (Å²) in [6.45, 7) is 5.60. The first kappa shape index (κ1) is 22.6. The van der Waals surface area contributed by atoms with Crippen LogP contribution in [-0.4, -0.2) is 29.8 Å². The lowest BCUT2D eigenvalue weighted by atomic mass is 10.1. The van der Waals surface area contributed by atoms with E-state index in [-0.39, 0.29) is 23.8 Å². The van der Waals surface area contributed by atoms with Crippen LogP contribution in [0.4, 0.5) is 11.4 Å². The first-order valence-electron chi connectivity index (χ1n) is 10.8. The molecule has 1 heterocycles. The zero-order valence-corrected chi connectivity index (χ0v) is 19.5. The van der Waals surface area contributed by atoms with Crippen molar-refractivity contribution in [3.05, 3.63) is 83.9 Å². The molecule has 6 nitrogen and oxygen atoms in total. The van der Waals surface area contributed by atoms with E-state index >= 15 is 0 Å². The van der Waals surface area contributed by atoms with E-state index in [4.69, 9.17) is 0 Å². The summed E-state index contributed by atoms with van der Waals surface area (Å²) in [5, 5.41) is 5.60. The van der Waals surface area contributed by atoms with Crippen molar-refractivity contribution in [1.82, 2.24) is 5.32 Å². The molecule has 168 valence electrons. The van der Waals surface area contributed by atoms with Gasteiger partial charge in [0, 0.05) is 27.1 Å². The number of amides is 3. The molecule has 0 saturated carbocycles. The molecule has 2 N–H and O–H groups in total. The Hall–Kier alpha value is -3.58. The van der Waals surface area contributed by atoms with Crippen LogP contribution in [0.15, 0.2) is 82.6 Å². The van der Waals surface area contributed by atoms with Crippen molar-refractivity contribution in [2.75, 3.05) is 10.2 Å². The van der Waals surface area contributed by atoms with Gasteiger partial charge in [-0.3, -0.25) is 14.4 Å². The predicted molar refractivity (Wildman–Crippen MR) is 131 cm³/mol. The summed E-state index contributed by atoms with van der Waals surface area (Å²) in [7, 11) is 0. The molecule has 0 unspecified atom stereocenters. The average molecular weight is 460 g/mol. The molecule has 1 aliphatic rings. The van der Waals surface area contributed by atoms with Gasteiger partial charge in [-0.25, -0.2) is 0 Å². The zero-order chi connectivity index (χ0) is 23.5. The van der Waals surface area contributed by atoms with Crippen LogP contribution in [0.25, 0.3) is 0 Å². The van der Waals surface area contributed by atoms with E-state index < -0.39 is 6.04 Å². The number of hydrogen-bond donors (Lipinski definition) is 2. The Morgan fingerprint density at radius 3 is 2.30 bits per heavy atom. The summed E-state index contributed by atoms with van der Waals surface area (Å²) in [4.78, 5) is 41.8. The zero-order valence-electron chi connectivity index (χ0n) is 18.7. The van der Waals surface area contributed by atoms with E-state index in [1.54, 1.807) is 42.2 Å². The van der Waals surface area contributed by atoms with Crippen LogP contribution in [0.1, 0.15) is 41.5 Å². The van der Waals surface area contributed by atoms with Crippen LogP contribution in [0, 0.1) is 0 Å². The summed E-state index contributed by atoms with van der Waals surface area (Å²) in [5.41, 5.74) is 2.56. The van der Waals surface area contributed by atoms with E-state index in [1.165, 1.54) is 11.8 Å². The second-order valence-electron chi connectivity index (χ2n) is 8.10. The highest BCUT2D eigenvalue weighted by Crippen LogP contribution is 2.43. The minimum absolute atomic E-state index is 0.0309. The Morgan fingerprint density at radius 1 is 0.879 bits per heavy atom. The Labute approximate surface area is 197 Å². The maximum absolute atomic E-state index is 13.2. The number of carbonyl (C=O) groups is 3. The molecule has 7 heteroatoms. The number of rotatable bonds is 5. The van der Waals surface area contributed by atoms with Crippen LogP contribution < -0.4 is 15.5 Å². The molecule has 0 aliphatic carbocycles. The lowest BCUT2D eigenvalue weighted by molar-refractivity contribution is -0.117. The van der Waals surface area contributed by atoms with Crippen molar-refractivity contribution in [3.63, 3.8) is 0 Å². The van der Waals surface area contributed by atoms with Crippen LogP contribution >= 0.6 is 11.8 Å². The summed E-state index contributed by atoms with van der Waals surface area (Å²) in [6.07, 6.45) is 0. The lowest BCUT2D eigenvalue weighted by Crippen LogP contribution is -2.41. The molecular weight excluding hydrogens is 434 g/mol. The molecule has 0 aromatic heterocycles. The topological polar surface area (TPSA) is 78.5 Å². The van der Waals surface area contributed by atoms with Crippen molar-refractivity contribution in [1.29, 1.82) is 0 Å². The second kappa shape index (κ2) is 9.50. The molecule has 3 amide bonds. The Balaban J connectivity index is 1.55. The van der Waals surface area contributed by atoms with Gasteiger partial charge in [0.25, 0.3) is 11.8 Å². The highest BCUT2D eigenvalue weighted by atomic mass is 32.2. The molecule has 0 fully saturated rings. The largest absolute Gasteiger partial charge is 0.341 e. The van der Waals surface area contributed by atoms with Gasteiger partial charge in [-0.2, -0.15) is 0 Å². The highest BCUT2D eigenvalue weighted by molar-refractivity contribution is 7.99.